The van der Waals surface area contributed by atoms with Crippen molar-refractivity contribution in [3.8, 4) is 6.07 Å². The Morgan fingerprint density at radius 3 is 2.90 bits per heavy atom. The molecule has 0 saturated heterocycles. The molecule has 1 aromatic rings. The smallest absolute Gasteiger partial charge is 0.0992 e. The summed E-state index contributed by atoms with van der Waals surface area (Å²) < 4.78 is 0. The highest BCUT2D eigenvalue weighted by Gasteiger charge is 2.18. The van der Waals surface area contributed by atoms with Crippen LogP contribution in [0.25, 0.3) is 0 Å². The summed E-state index contributed by atoms with van der Waals surface area (Å²) >= 11 is 6.22. The van der Waals surface area contributed by atoms with E-state index in [1.807, 2.05) is 6.07 Å². The first-order chi connectivity index (χ1) is 9.72. The minimum atomic E-state index is 0.489. The van der Waals surface area contributed by atoms with E-state index in [-0.39, 0.29) is 0 Å². The van der Waals surface area contributed by atoms with Crippen LogP contribution in [-0.4, -0.2) is 6.04 Å². The topological polar surface area (TPSA) is 35.8 Å². The van der Waals surface area contributed by atoms with Crippen LogP contribution in [0, 0.1) is 17.2 Å². The van der Waals surface area contributed by atoms with E-state index in [2.05, 4.69) is 18.3 Å². The van der Waals surface area contributed by atoms with Crippen LogP contribution in [0.3, 0.4) is 0 Å². The van der Waals surface area contributed by atoms with Crippen molar-refractivity contribution in [2.45, 2.75) is 57.9 Å². The number of hydrogen-bond acceptors (Lipinski definition) is 2. The van der Waals surface area contributed by atoms with Gasteiger partial charge in [-0.3, -0.25) is 0 Å². The lowest BCUT2D eigenvalue weighted by Crippen LogP contribution is -2.18. The lowest BCUT2D eigenvalue weighted by atomic mass is 9.95. The molecular formula is C17H23ClN2. The zero-order valence-corrected chi connectivity index (χ0v) is 12.9. The molecule has 0 bridgehead atoms. The first kappa shape index (κ1) is 15.2. The molecule has 0 spiro atoms. The van der Waals surface area contributed by atoms with Crippen molar-refractivity contribution in [3.05, 3.63) is 28.8 Å². The highest BCUT2D eigenvalue weighted by atomic mass is 35.5. The maximum absolute atomic E-state index is 8.98. The van der Waals surface area contributed by atoms with Gasteiger partial charge < -0.3 is 5.32 Å². The molecule has 0 amide bonds. The Morgan fingerprint density at radius 1 is 1.30 bits per heavy atom. The molecule has 108 valence electrons. The van der Waals surface area contributed by atoms with Crippen LogP contribution >= 0.6 is 11.6 Å². The molecule has 1 aliphatic carbocycles. The number of rotatable bonds is 4. The van der Waals surface area contributed by atoms with Gasteiger partial charge in [0, 0.05) is 6.04 Å². The van der Waals surface area contributed by atoms with E-state index < -0.39 is 0 Å². The minimum Gasteiger partial charge on any atom is -0.381 e. The van der Waals surface area contributed by atoms with E-state index in [0.29, 0.717) is 16.6 Å². The van der Waals surface area contributed by atoms with E-state index >= 15 is 0 Å². The molecule has 1 saturated carbocycles. The van der Waals surface area contributed by atoms with Gasteiger partial charge in [0.15, 0.2) is 0 Å². The normalized spacial score (nSPS) is 22.9. The molecule has 1 N–H and O–H groups in total. The Morgan fingerprint density at radius 2 is 2.15 bits per heavy atom. The third-order valence-corrected chi connectivity index (χ3v) is 4.57. The third-order valence-electron chi connectivity index (χ3n) is 4.24. The van der Waals surface area contributed by atoms with Crippen molar-refractivity contribution in [2.75, 3.05) is 5.32 Å². The second-order valence-electron chi connectivity index (χ2n) is 5.81. The predicted molar refractivity (Wildman–Crippen MR) is 85.1 cm³/mol. The number of nitrogens with one attached hydrogen (secondary N) is 1. The summed E-state index contributed by atoms with van der Waals surface area (Å²) in [7, 11) is 0. The maximum Gasteiger partial charge on any atom is 0.0992 e. The lowest BCUT2D eigenvalue weighted by molar-refractivity contribution is 0.422. The van der Waals surface area contributed by atoms with Gasteiger partial charge in [0.2, 0.25) is 0 Å². The van der Waals surface area contributed by atoms with E-state index in [4.69, 9.17) is 16.9 Å². The molecule has 0 aromatic heterocycles. The van der Waals surface area contributed by atoms with Crippen LogP contribution in [0.15, 0.2) is 18.2 Å². The highest BCUT2D eigenvalue weighted by molar-refractivity contribution is 6.33. The van der Waals surface area contributed by atoms with Crippen LogP contribution < -0.4 is 5.32 Å². The first-order valence-corrected chi connectivity index (χ1v) is 8.07. The zero-order chi connectivity index (χ0) is 14.4. The molecule has 1 aromatic carbocycles. The summed E-state index contributed by atoms with van der Waals surface area (Å²) in [5.74, 6) is 0.896. The fourth-order valence-corrected chi connectivity index (χ4v) is 3.32. The molecule has 0 aliphatic heterocycles. The number of hydrogen-bond donors (Lipinski definition) is 1. The fourth-order valence-electron chi connectivity index (χ4n) is 3.15. The standard InChI is InChI=1S/C17H23ClN2/c1-2-4-13-5-3-6-15(9-7-13)20-17-11-14(12-19)8-10-16(17)18/h8,10-11,13,15,20H,2-7,9H2,1H3. The minimum absolute atomic E-state index is 0.489. The van der Waals surface area contributed by atoms with Crippen LogP contribution in [0.1, 0.15) is 57.4 Å². The van der Waals surface area contributed by atoms with Crippen molar-refractivity contribution in [1.82, 2.24) is 0 Å². The van der Waals surface area contributed by atoms with Gasteiger partial charge in [0.25, 0.3) is 0 Å². The Bertz CT molecular complexity index is 478. The predicted octanol–water partition coefficient (Wildman–Crippen LogP) is 5.37. The number of nitriles is 1. The number of benzene rings is 1. The monoisotopic (exact) mass is 290 g/mol. The summed E-state index contributed by atoms with van der Waals surface area (Å²) in [4.78, 5) is 0. The quantitative estimate of drug-likeness (QED) is 0.756. The molecule has 0 radical (unpaired) electrons. The number of halogens is 1. The van der Waals surface area contributed by atoms with E-state index in [9.17, 15) is 0 Å². The van der Waals surface area contributed by atoms with Crippen molar-refractivity contribution in [1.29, 1.82) is 5.26 Å². The second kappa shape index (κ2) is 7.55. The van der Waals surface area contributed by atoms with Gasteiger partial charge in [-0.2, -0.15) is 5.26 Å². The van der Waals surface area contributed by atoms with Gasteiger partial charge >= 0.3 is 0 Å². The van der Waals surface area contributed by atoms with Crippen molar-refractivity contribution in [3.63, 3.8) is 0 Å². The molecule has 20 heavy (non-hydrogen) atoms. The summed E-state index contributed by atoms with van der Waals surface area (Å²) in [6.07, 6.45) is 9.01. The van der Waals surface area contributed by atoms with Crippen molar-refractivity contribution < 1.29 is 0 Å². The summed E-state index contributed by atoms with van der Waals surface area (Å²) in [5, 5.41) is 13.2. The Labute approximate surface area is 127 Å². The summed E-state index contributed by atoms with van der Waals surface area (Å²) in [6.45, 7) is 2.27. The van der Waals surface area contributed by atoms with E-state index in [1.54, 1.807) is 12.1 Å². The largest absolute Gasteiger partial charge is 0.381 e. The van der Waals surface area contributed by atoms with Crippen LogP contribution in [0.5, 0.6) is 0 Å². The van der Waals surface area contributed by atoms with Gasteiger partial charge in [-0.25, -0.2) is 0 Å². The zero-order valence-electron chi connectivity index (χ0n) is 12.2. The summed E-state index contributed by atoms with van der Waals surface area (Å²) in [5.41, 5.74) is 1.57. The number of anilines is 1. The molecule has 3 heteroatoms. The van der Waals surface area contributed by atoms with Gasteiger partial charge in [-0.1, -0.05) is 44.2 Å². The van der Waals surface area contributed by atoms with Crippen LogP contribution in [0.4, 0.5) is 5.69 Å². The highest BCUT2D eigenvalue weighted by Crippen LogP contribution is 2.30. The van der Waals surface area contributed by atoms with Crippen molar-refractivity contribution in [2.24, 2.45) is 5.92 Å². The molecule has 2 rings (SSSR count). The second-order valence-corrected chi connectivity index (χ2v) is 6.22. The average molecular weight is 291 g/mol. The SMILES string of the molecule is CCCC1CCCC(Nc2cc(C#N)ccc2Cl)CC1. The maximum atomic E-state index is 8.98. The van der Waals surface area contributed by atoms with Gasteiger partial charge in [0.05, 0.1) is 22.3 Å². The summed E-state index contributed by atoms with van der Waals surface area (Å²) in [6, 6.07) is 8.08. The number of nitrogens with zero attached hydrogens (tertiary/aromatic N) is 1. The molecular weight excluding hydrogens is 268 g/mol. The van der Waals surface area contributed by atoms with E-state index in [1.165, 1.54) is 44.9 Å². The van der Waals surface area contributed by atoms with Gasteiger partial charge in [-0.15, -0.1) is 0 Å². The molecule has 1 aliphatic rings. The molecule has 1 fully saturated rings. The van der Waals surface area contributed by atoms with Crippen LogP contribution in [0.2, 0.25) is 5.02 Å². The first-order valence-electron chi connectivity index (χ1n) is 7.69. The third kappa shape index (κ3) is 4.15. The fraction of sp³-hybridized carbons (Fsp3) is 0.588. The molecule has 2 atom stereocenters. The van der Waals surface area contributed by atoms with Crippen LogP contribution in [-0.2, 0) is 0 Å². The average Bonchev–Trinajstić information content (AvgIpc) is 2.67. The lowest BCUT2D eigenvalue weighted by Gasteiger charge is -2.19. The Balaban J connectivity index is 1.98. The van der Waals surface area contributed by atoms with Crippen molar-refractivity contribution >= 4 is 17.3 Å². The van der Waals surface area contributed by atoms with E-state index in [0.717, 1.165) is 11.6 Å². The Hall–Kier alpha value is -1.20. The molecule has 2 unspecified atom stereocenters. The molecule has 2 nitrogen and oxygen atoms in total. The van der Waals surface area contributed by atoms with Gasteiger partial charge in [-0.05, 0) is 43.4 Å². The Kier molecular flexibility index (Phi) is 5.73. The molecule has 0 heterocycles. The van der Waals surface area contributed by atoms with Gasteiger partial charge in [0.1, 0.15) is 0 Å².